The minimum Gasteiger partial charge on any atom is -0.508 e. The van der Waals surface area contributed by atoms with Crippen LogP contribution in [0.5, 0.6) is 5.75 Å². The maximum atomic E-state index is 9.43. The summed E-state index contributed by atoms with van der Waals surface area (Å²) in [5, 5.41) is 16.7. The molecule has 0 aliphatic heterocycles. The summed E-state index contributed by atoms with van der Waals surface area (Å²) in [6, 6.07) is 8.75. The molecule has 0 unspecified atom stereocenters. The van der Waals surface area contributed by atoms with Gasteiger partial charge in [0.05, 0.1) is 0 Å². The molecule has 2 N–H and O–H groups in total. The van der Waals surface area contributed by atoms with Gasteiger partial charge in [0.1, 0.15) is 17.9 Å². The van der Waals surface area contributed by atoms with E-state index in [1.165, 1.54) is 6.33 Å². The number of aryl methyl sites for hydroxylation is 1. The molecule has 90 valence electrons. The first-order chi connectivity index (χ1) is 8.72. The van der Waals surface area contributed by atoms with Gasteiger partial charge in [-0.3, -0.25) is 0 Å². The van der Waals surface area contributed by atoms with E-state index in [0.29, 0.717) is 5.78 Å². The van der Waals surface area contributed by atoms with Gasteiger partial charge in [-0.05, 0) is 19.1 Å². The normalized spacial score (nSPS) is 10.7. The number of hydrogen-bond donors (Lipinski definition) is 2. The van der Waals surface area contributed by atoms with Crippen molar-refractivity contribution in [2.45, 2.75) is 6.92 Å². The summed E-state index contributed by atoms with van der Waals surface area (Å²) in [7, 11) is 0. The van der Waals surface area contributed by atoms with E-state index in [4.69, 9.17) is 0 Å². The molecule has 0 saturated carbocycles. The Hall–Kier alpha value is -2.63. The van der Waals surface area contributed by atoms with Gasteiger partial charge in [0.15, 0.2) is 0 Å². The lowest BCUT2D eigenvalue weighted by Crippen LogP contribution is -2.02. The SMILES string of the molecule is Cc1cc(Nc2cccc(O)c2)n2ncnc2n1. The van der Waals surface area contributed by atoms with E-state index in [1.54, 1.807) is 22.7 Å². The molecule has 0 aliphatic rings. The number of benzene rings is 1. The van der Waals surface area contributed by atoms with Crippen molar-refractivity contribution in [3.05, 3.63) is 42.4 Å². The van der Waals surface area contributed by atoms with E-state index in [2.05, 4.69) is 20.4 Å². The van der Waals surface area contributed by atoms with Gasteiger partial charge >= 0.3 is 0 Å². The Balaban J connectivity index is 2.06. The standard InChI is InChI=1S/C12H11N5O/c1-8-5-11(17-12(15-8)13-7-14-17)16-9-3-2-4-10(18)6-9/h2-7,16,18H,1H3. The van der Waals surface area contributed by atoms with Gasteiger partial charge in [0.25, 0.3) is 5.78 Å². The van der Waals surface area contributed by atoms with Crippen LogP contribution in [0.3, 0.4) is 0 Å². The third-order valence-corrected chi connectivity index (χ3v) is 2.50. The van der Waals surface area contributed by atoms with Crippen LogP contribution in [0.4, 0.5) is 11.5 Å². The molecule has 2 heterocycles. The van der Waals surface area contributed by atoms with Crippen molar-refractivity contribution in [3.8, 4) is 5.75 Å². The van der Waals surface area contributed by atoms with Crippen molar-refractivity contribution in [1.29, 1.82) is 0 Å². The van der Waals surface area contributed by atoms with Crippen molar-refractivity contribution in [3.63, 3.8) is 0 Å². The van der Waals surface area contributed by atoms with Crippen LogP contribution in [0.15, 0.2) is 36.7 Å². The molecule has 3 rings (SSSR count). The predicted molar refractivity (Wildman–Crippen MR) is 66.9 cm³/mol. The van der Waals surface area contributed by atoms with E-state index < -0.39 is 0 Å². The largest absolute Gasteiger partial charge is 0.508 e. The highest BCUT2D eigenvalue weighted by Gasteiger charge is 2.05. The van der Waals surface area contributed by atoms with Crippen molar-refractivity contribution < 1.29 is 5.11 Å². The second-order valence-electron chi connectivity index (χ2n) is 3.93. The Kier molecular flexibility index (Phi) is 2.33. The highest BCUT2D eigenvalue weighted by molar-refractivity contribution is 5.60. The lowest BCUT2D eigenvalue weighted by Gasteiger charge is -2.08. The van der Waals surface area contributed by atoms with Gasteiger partial charge < -0.3 is 10.4 Å². The summed E-state index contributed by atoms with van der Waals surface area (Å²) in [5.74, 6) is 1.50. The topological polar surface area (TPSA) is 75.3 Å². The highest BCUT2D eigenvalue weighted by atomic mass is 16.3. The number of phenols is 1. The lowest BCUT2D eigenvalue weighted by molar-refractivity contribution is 0.475. The first kappa shape index (κ1) is 10.5. The van der Waals surface area contributed by atoms with Gasteiger partial charge in [-0.1, -0.05) is 6.07 Å². The average Bonchev–Trinajstić information content (AvgIpc) is 2.77. The molecule has 0 aliphatic carbocycles. The van der Waals surface area contributed by atoms with Crippen LogP contribution in [0.1, 0.15) is 5.69 Å². The second kappa shape index (κ2) is 3.99. The van der Waals surface area contributed by atoms with E-state index in [1.807, 2.05) is 19.1 Å². The summed E-state index contributed by atoms with van der Waals surface area (Å²) < 4.78 is 1.61. The predicted octanol–water partition coefficient (Wildman–Crippen LogP) is 1.88. The summed E-state index contributed by atoms with van der Waals surface area (Å²) in [6.07, 6.45) is 1.45. The Morgan fingerprint density at radius 1 is 1.28 bits per heavy atom. The maximum Gasteiger partial charge on any atom is 0.254 e. The zero-order valence-electron chi connectivity index (χ0n) is 9.70. The van der Waals surface area contributed by atoms with Crippen LogP contribution < -0.4 is 5.32 Å². The number of fused-ring (bicyclic) bond motifs is 1. The molecular weight excluding hydrogens is 230 g/mol. The van der Waals surface area contributed by atoms with Crippen molar-refractivity contribution in [2.75, 3.05) is 5.32 Å². The monoisotopic (exact) mass is 241 g/mol. The second-order valence-corrected chi connectivity index (χ2v) is 3.93. The minimum absolute atomic E-state index is 0.209. The van der Waals surface area contributed by atoms with Gasteiger partial charge in [-0.25, -0.2) is 4.98 Å². The van der Waals surface area contributed by atoms with Crippen LogP contribution >= 0.6 is 0 Å². The molecule has 1 aromatic carbocycles. The molecule has 0 radical (unpaired) electrons. The summed E-state index contributed by atoms with van der Waals surface area (Å²) in [6.45, 7) is 1.89. The fourth-order valence-corrected chi connectivity index (χ4v) is 1.75. The number of nitrogens with one attached hydrogen (secondary N) is 1. The molecule has 0 spiro atoms. The quantitative estimate of drug-likeness (QED) is 0.716. The third-order valence-electron chi connectivity index (χ3n) is 2.50. The molecule has 0 atom stereocenters. The van der Waals surface area contributed by atoms with Crippen LogP contribution in [0.25, 0.3) is 5.78 Å². The molecule has 0 fully saturated rings. The number of phenolic OH excluding ortho intramolecular Hbond substituents is 1. The molecule has 0 bridgehead atoms. The first-order valence-electron chi connectivity index (χ1n) is 5.46. The molecule has 0 saturated heterocycles. The number of rotatable bonds is 2. The lowest BCUT2D eigenvalue weighted by atomic mass is 10.3. The zero-order valence-corrected chi connectivity index (χ0v) is 9.70. The average molecular weight is 241 g/mol. The third kappa shape index (κ3) is 1.84. The fraction of sp³-hybridized carbons (Fsp3) is 0.0833. The van der Waals surface area contributed by atoms with Crippen LogP contribution in [-0.4, -0.2) is 24.7 Å². The zero-order chi connectivity index (χ0) is 12.5. The van der Waals surface area contributed by atoms with Gasteiger partial charge in [-0.15, -0.1) is 0 Å². The number of aromatic hydroxyl groups is 1. The molecule has 3 aromatic rings. The van der Waals surface area contributed by atoms with Crippen molar-refractivity contribution >= 4 is 17.3 Å². The van der Waals surface area contributed by atoms with Crippen molar-refractivity contribution in [2.24, 2.45) is 0 Å². The Labute approximate surface area is 103 Å². The molecule has 18 heavy (non-hydrogen) atoms. The highest BCUT2D eigenvalue weighted by Crippen LogP contribution is 2.20. The van der Waals surface area contributed by atoms with E-state index in [0.717, 1.165) is 17.2 Å². The number of anilines is 2. The van der Waals surface area contributed by atoms with E-state index >= 15 is 0 Å². The smallest absolute Gasteiger partial charge is 0.254 e. The molecule has 6 heteroatoms. The van der Waals surface area contributed by atoms with E-state index in [9.17, 15) is 5.11 Å². The van der Waals surface area contributed by atoms with Crippen LogP contribution in [-0.2, 0) is 0 Å². The molecule has 2 aromatic heterocycles. The van der Waals surface area contributed by atoms with Crippen LogP contribution in [0.2, 0.25) is 0 Å². The Bertz CT molecular complexity index is 707. The van der Waals surface area contributed by atoms with Gasteiger partial charge in [0.2, 0.25) is 0 Å². The number of nitrogens with zero attached hydrogens (tertiary/aromatic N) is 4. The molecule has 6 nitrogen and oxygen atoms in total. The van der Waals surface area contributed by atoms with Gasteiger partial charge in [0, 0.05) is 23.5 Å². The maximum absolute atomic E-state index is 9.43. The minimum atomic E-state index is 0.209. The summed E-state index contributed by atoms with van der Waals surface area (Å²) in [4.78, 5) is 8.31. The summed E-state index contributed by atoms with van der Waals surface area (Å²) >= 11 is 0. The molecular formula is C12H11N5O. The first-order valence-corrected chi connectivity index (χ1v) is 5.46. The van der Waals surface area contributed by atoms with Crippen LogP contribution in [0, 0.1) is 6.92 Å². The van der Waals surface area contributed by atoms with Crippen molar-refractivity contribution in [1.82, 2.24) is 19.6 Å². The number of aromatic nitrogens is 4. The van der Waals surface area contributed by atoms with E-state index in [-0.39, 0.29) is 5.75 Å². The Morgan fingerprint density at radius 3 is 3.00 bits per heavy atom. The Morgan fingerprint density at radius 2 is 2.17 bits per heavy atom. The fourth-order valence-electron chi connectivity index (χ4n) is 1.75. The summed E-state index contributed by atoms with van der Waals surface area (Å²) in [5.41, 5.74) is 1.62. The molecule has 0 amide bonds. The number of hydrogen-bond acceptors (Lipinski definition) is 5. The van der Waals surface area contributed by atoms with Gasteiger partial charge in [-0.2, -0.15) is 14.6 Å².